The summed E-state index contributed by atoms with van der Waals surface area (Å²) in [7, 11) is 0. The molecule has 0 saturated carbocycles. The summed E-state index contributed by atoms with van der Waals surface area (Å²) in [6.45, 7) is 1.85. The number of alkyl halides is 3. The lowest BCUT2D eigenvalue weighted by atomic mass is 10.1. The number of rotatable bonds is 4. The van der Waals surface area contributed by atoms with Crippen LogP contribution in [0.15, 0.2) is 54.6 Å². The molecule has 0 saturated heterocycles. The molecule has 0 aromatic heterocycles. The van der Waals surface area contributed by atoms with Gasteiger partial charge >= 0.3 is 0 Å². The van der Waals surface area contributed by atoms with Crippen molar-refractivity contribution in [2.45, 2.75) is 16.9 Å². The first kappa shape index (κ1) is 16.9. The second-order valence-corrected chi connectivity index (χ2v) is 7.14. The molecular weight excluding hydrogens is 343 g/mol. The van der Waals surface area contributed by atoms with Crippen molar-refractivity contribution in [2.24, 2.45) is 0 Å². The first-order chi connectivity index (χ1) is 10.4. The zero-order valence-corrected chi connectivity index (χ0v) is 14.1. The van der Waals surface area contributed by atoms with Crippen molar-refractivity contribution in [1.82, 2.24) is 5.32 Å². The van der Waals surface area contributed by atoms with Gasteiger partial charge in [0.25, 0.3) is 5.91 Å². The summed E-state index contributed by atoms with van der Waals surface area (Å²) in [5.74, 6) is -0.308. The summed E-state index contributed by atoms with van der Waals surface area (Å²) < 4.78 is -1.70. The van der Waals surface area contributed by atoms with E-state index in [1.165, 1.54) is 0 Å². The molecule has 3 nitrogen and oxygen atoms in total. The van der Waals surface area contributed by atoms with Crippen LogP contribution < -0.4 is 10.6 Å². The Morgan fingerprint density at radius 3 is 2.18 bits per heavy atom. The predicted octanol–water partition coefficient (Wildman–Crippen LogP) is 4.53. The third-order valence-electron chi connectivity index (χ3n) is 3.08. The SMILES string of the molecule is Cc1ccccc1C(=O)N[C@H](Nc1ccccc1)C(Cl)(Cl)Cl. The predicted molar refractivity (Wildman–Crippen MR) is 92.8 cm³/mol. The molecule has 0 aliphatic rings. The minimum absolute atomic E-state index is 0.308. The Kier molecular flexibility index (Phi) is 5.57. The van der Waals surface area contributed by atoms with E-state index in [0.717, 1.165) is 11.3 Å². The van der Waals surface area contributed by atoms with Crippen LogP contribution in [0, 0.1) is 6.92 Å². The summed E-state index contributed by atoms with van der Waals surface area (Å²) in [5.41, 5.74) is 2.13. The monoisotopic (exact) mass is 356 g/mol. The van der Waals surface area contributed by atoms with E-state index >= 15 is 0 Å². The quantitative estimate of drug-likeness (QED) is 0.623. The largest absolute Gasteiger partial charge is 0.362 e. The fraction of sp³-hybridized carbons (Fsp3) is 0.188. The molecule has 2 aromatic carbocycles. The highest BCUT2D eigenvalue weighted by Gasteiger charge is 2.34. The number of para-hydroxylation sites is 1. The average Bonchev–Trinajstić information content (AvgIpc) is 2.47. The lowest BCUT2D eigenvalue weighted by Crippen LogP contribution is -2.49. The standard InChI is InChI=1S/C16H15Cl3N2O/c1-11-7-5-6-10-13(11)14(22)21-15(16(17,18)19)20-12-8-3-2-4-9-12/h2-10,15,20H,1H3,(H,21,22)/t15-/m0/s1. The molecule has 0 bridgehead atoms. The van der Waals surface area contributed by atoms with E-state index in [9.17, 15) is 4.79 Å². The number of hydrogen-bond donors (Lipinski definition) is 2. The molecule has 0 aliphatic heterocycles. The van der Waals surface area contributed by atoms with Crippen molar-refractivity contribution in [3.63, 3.8) is 0 Å². The highest BCUT2D eigenvalue weighted by atomic mass is 35.6. The van der Waals surface area contributed by atoms with Crippen molar-refractivity contribution in [3.05, 3.63) is 65.7 Å². The molecule has 22 heavy (non-hydrogen) atoms. The second-order valence-electron chi connectivity index (χ2n) is 4.77. The summed E-state index contributed by atoms with van der Waals surface area (Å²) in [4.78, 5) is 12.4. The molecule has 1 amide bonds. The molecule has 0 radical (unpaired) electrons. The van der Waals surface area contributed by atoms with Gasteiger partial charge in [0.2, 0.25) is 3.79 Å². The second kappa shape index (κ2) is 7.23. The van der Waals surface area contributed by atoms with E-state index in [1.54, 1.807) is 12.1 Å². The highest BCUT2D eigenvalue weighted by molar-refractivity contribution is 6.68. The van der Waals surface area contributed by atoms with Gasteiger partial charge in [0.15, 0.2) is 0 Å². The Bertz CT molecular complexity index is 641. The van der Waals surface area contributed by atoms with Crippen LogP contribution in [0.5, 0.6) is 0 Å². The van der Waals surface area contributed by atoms with Crippen LogP contribution >= 0.6 is 34.8 Å². The molecule has 0 fully saturated rings. The molecule has 2 N–H and O–H groups in total. The Labute approximate surface area is 144 Å². The molecule has 0 aliphatic carbocycles. The average molecular weight is 358 g/mol. The molecule has 0 heterocycles. The molecule has 1 atom stereocenters. The van der Waals surface area contributed by atoms with Gasteiger partial charge in [-0.25, -0.2) is 0 Å². The van der Waals surface area contributed by atoms with Gasteiger partial charge in [-0.15, -0.1) is 0 Å². The maximum Gasteiger partial charge on any atom is 0.253 e. The van der Waals surface area contributed by atoms with Crippen molar-refractivity contribution in [1.29, 1.82) is 0 Å². The lowest BCUT2D eigenvalue weighted by molar-refractivity contribution is 0.0941. The van der Waals surface area contributed by atoms with Crippen molar-refractivity contribution >= 4 is 46.4 Å². The molecule has 2 aromatic rings. The Hall–Kier alpha value is -1.42. The van der Waals surface area contributed by atoms with Gasteiger partial charge < -0.3 is 10.6 Å². The molecule has 0 spiro atoms. The van der Waals surface area contributed by atoms with Gasteiger partial charge in [0.1, 0.15) is 6.17 Å². The van der Waals surface area contributed by atoms with Gasteiger partial charge in [-0.3, -0.25) is 4.79 Å². The maximum absolute atomic E-state index is 12.4. The van der Waals surface area contributed by atoms with Crippen molar-refractivity contribution < 1.29 is 4.79 Å². The van der Waals surface area contributed by atoms with Gasteiger partial charge in [0, 0.05) is 11.3 Å². The summed E-state index contributed by atoms with van der Waals surface area (Å²) >= 11 is 17.9. The smallest absolute Gasteiger partial charge is 0.253 e. The fourth-order valence-electron chi connectivity index (χ4n) is 1.94. The number of amides is 1. The van der Waals surface area contributed by atoms with Crippen LogP contribution in [0.4, 0.5) is 5.69 Å². The van der Waals surface area contributed by atoms with Gasteiger partial charge in [-0.2, -0.15) is 0 Å². The molecular formula is C16H15Cl3N2O. The first-order valence-corrected chi connectivity index (χ1v) is 7.76. The molecule has 116 valence electrons. The molecule has 6 heteroatoms. The van der Waals surface area contributed by atoms with Gasteiger partial charge in [-0.05, 0) is 30.7 Å². The van der Waals surface area contributed by atoms with E-state index in [1.807, 2.05) is 49.4 Å². The maximum atomic E-state index is 12.4. The number of anilines is 1. The molecule has 2 rings (SSSR count). The number of hydrogen-bond acceptors (Lipinski definition) is 2. The third-order valence-corrected chi connectivity index (χ3v) is 3.73. The van der Waals surface area contributed by atoms with Crippen LogP contribution in [0.2, 0.25) is 0 Å². The zero-order valence-electron chi connectivity index (χ0n) is 11.8. The van der Waals surface area contributed by atoms with Crippen molar-refractivity contribution in [3.8, 4) is 0 Å². The number of aryl methyl sites for hydroxylation is 1. The van der Waals surface area contributed by atoms with Crippen LogP contribution in [-0.4, -0.2) is 15.9 Å². The van der Waals surface area contributed by atoms with E-state index in [-0.39, 0.29) is 5.91 Å². The number of carbonyl (C=O) groups is 1. The van der Waals surface area contributed by atoms with Crippen LogP contribution in [0.3, 0.4) is 0 Å². The van der Waals surface area contributed by atoms with Crippen LogP contribution in [-0.2, 0) is 0 Å². The number of carbonyl (C=O) groups excluding carboxylic acids is 1. The summed E-state index contributed by atoms with van der Waals surface area (Å²) in [6, 6.07) is 16.4. The summed E-state index contributed by atoms with van der Waals surface area (Å²) in [6.07, 6.45) is -0.869. The minimum Gasteiger partial charge on any atom is -0.362 e. The number of halogens is 3. The van der Waals surface area contributed by atoms with E-state index in [0.29, 0.717) is 5.56 Å². The topological polar surface area (TPSA) is 41.1 Å². The van der Waals surface area contributed by atoms with Gasteiger partial charge in [-0.1, -0.05) is 71.2 Å². The Morgan fingerprint density at radius 2 is 1.59 bits per heavy atom. The zero-order chi connectivity index (χ0) is 16.2. The minimum atomic E-state index is -1.70. The normalized spacial score (nSPS) is 12.5. The fourth-order valence-corrected chi connectivity index (χ4v) is 2.26. The van der Waals surface area contributed by atoms with Crippen molar-refractivity contribution in [2.75, 3.05) is 5.32 Å². The van der Waals surface area contributed by atoms with Crippen LogP contribution in [0.25, 0.3) is 0 Å². The number of nitrogens with one attached hydrogen (secondary N) is 2. The third kappa shape index (κ3) is 4.54. The van der Waals surface area contributed by atoms with E-state index < -0.39 is 9.96 Å². The first-order valence-electron chi connectivity index (χ1n) is 6.63. The lowest BCUT2D eigenvalue weighted by Gasteiger charge is -2.27. The van der Waals surface area contributed by atoms with Gasteiger partial charge in [0.05, 0.1) is 0 Å². The van der Waals surface area contributed by atoms with E-state index in [4.69, 9.17) is 34.8 Å². The Morgan fingerprint density at radius 1 is 1.00 bits per heavy atom. The number of benzene rings is 2. The molecule has 0 unspecified atom stereocenters. The van der Waals surface area contributed by atoms with Crippen LogP contribution in [0.1, 0.15) is 15.9 Å². The van der Waals surface area contributed by atoms with E-state index in [2.05, 4.69) is 10.6 Å². The highest BCUT2D eigenvalue weighted by Crippen LogP contribution is 2.31. The summed E-state index contributed by atoms with van der Waals surface area (Å²) in [5, 5.41) is 5.73. The Balaban J connectivity index is 2.17.